The highest BCUT2D eigenvalue weighted by Gasteiger charge is 2.21. The van der Waals surface area contributed by atoms with Crippen molar-refractivity contribution in [3.8, 4) is 0 Å². The second kappa shape index (κ2) is 8.41. The van der Waals surface area contributed by atoms with Crippen LogP contribution in [0.1, 0.15) is 23.2 Å². The second-order valence-corrected chi connectivity index (χ2v) is 4.83. The number of anilines is 1. The summed E-state index contributed by atoms with van der Waals surface area (Å²) in [6.07, 6.45) is 1.93. The van der Waals surface area contributed by atoms with Gasteiger partial charge < -0.3 is 10.2 Å². The third-order valence-electron chi connectivity index (χ3n) is 3.38. The Morgan fingerprint density at radius 3 is 2.11 bits per heavy atom. The van der Waals surface area contributed by atoms with Crippen LogP contribution < -0.4 is 10.2 Å². The molecule has 0 amide bonds. The summed E-state index contributed by atoms with van der Waals surface area (Å²) >= 11 is 0. The monoisotopic (exact) mass is 304 g/mol. The minimum Gasteiger partial charge on any atom is -0.378 e. The van der Waals surface area contributed by atoms with Crippen LogP contribution in [0.15, 0.2) is 24.3 Å². The number of carbonyl (C=O) groups is 1. The molecular weight excluding hydrogens is 283 g/mol. The predicted octanol–water partition coefficient (Wildman–Crippen LogP) is 2.78. The quantitative estimate of drug-likeness (QED) is 0.872. The van der Waals surface area contributed by atoms with Crippen LogP contribution in [-0.2, 0) is 0 Å². The number of ketones is 1. The van der Waals surface area contributed by atoms with E-state index in [2.05, 4.69) is 5.32 Å². The lowest BCUT2D eigenvalue weighted by Crippen LogP contribution is -2.31. The zero-order valence-electron chi connectivity index (χ0n) is 11.4. The molecule has 1 fully saturated rings. The topological polar surface area (TPSA) is 32.3 Å². The third-order valence-corrected chi connectivity index (χ3v) is 3.38. The highest BCUT2D eigenvalue weighted by atomic mass is 35.5. The molecule has 0 atom stereocenters. The zero-order chi connectivity index (χ0) is 12.3. The maximum Gasteiger partial charge on any atom is 0.166 e. The van der Waals surface area contributed by atoms with Gasteiger partial charge in [-0.1, -0.05) is 0 Å². The molecule has 1 aliphatic rings. The molecule has 19 heavy (non-hydrogen) atoms. The summed E-state index contributed by atoms with van der Waals surface area (Å²) in [4.78, 5) is 14.3. The van der Waals surface area contributed by atoms with E-state index in [-0.39, 0.29) is 30.7 Å². The van der Waals surface area contributed by atoms with Gasteiger partial charge in [-0.25, -0.2) is 0 Å². The van der Waals surface area contributed by atoms with Crippen LogP contribution in [0.5, 0.6) is 0 Å². The number of nitrogens with one attached hydrogen (secondary N) is 1. The van der Waals surface area contributed by atoms with Gasteiger partial charge in [0.15, 0.2) is 5.78 Å². The van der Waals surface area contributed by atoms with Gasteiger partial charge in [0.1, 0.15) is 0 Å². The van der Waals surface area contributed by atoms with Gasteiger partial charge in [-0.2, -0.15) is 0 Å². The number of hydrogen-bond acceptors (Lipinski definition) is 3. The van der Waals surface area contributed by atoms with Crippen molar-refractivity contribution >= 4 is 36.3 Å². The number of benzene rings is 1. The fourth-order valence-corrected chi connectivity index (χ4v) is 2.24. The molecule has 1 aliphatic heterocycles. The number of halogens is 2. The van der Waals surface area contributed by atoms with Crippen molar-refractivity contribution in [2.24, 2.45) is 5.92 Å². The van der Waals surface area contributed by atoms with Crippen LogP contribution in [0.2, 0.25) is 0 Å². The maximum atomic E-state index is 12.2. The zero-order valence-corrected chi connectivity index (χ0v) is 13.0. The van der Waals surface area contributed by atoms with Gasteiger partial charge in [0.2, 0.25) is 0 Å². The minimum absolute atomic E-state index is 0. The Morgan fingerprint density at radius 2 is 1.63 bits per heavy atom. The van der Waals surface area contributed by atoms with Crippen molar-refractivity contribution in [1.82, 2.24) is 5.32 Å². The molecule has 0 aromatic heterocycles. The van der Waals surface area contributed by atoms with E-state index in [1.807, 2.05) is 43.3 Å². The smallest absolute Gasteiger partial charge is 0.166 e. The number of nitrogens with zero attached hydrogens (tertiary/aromatic N) is 1. The molecule has 0 aliphatic carbocycles. The lowest BCUT2D eigenvalue weighted by molar-refractivity contribution is 0.0895. The Morgan fingerprint density at radius 1 is 1.11 bits per heavy atom. The van der Waals surface area contributed by atoms with Crippen LogP contribution in [0.4, 0.5) is 5.69 Å². The van der Waals surface area contributed by atoms with E-state index in [0.29, 0.717) is 5.78 Å². The van der Waals surface area contributed by atoms with Crippen LogP contribution in [0, 0.1) is 5.92 Å². The van der Waals surface area contributed by atoms with Gasteiger partial charge in [0.05, 0.1) is 0 Å². The molecule has 0 radical (unpaired) electrons. The maximum absolute atomic E-state index is 12.2. The highest BCUT2D eigenvalue weighted by Crippen LogP contribution is 2.20. The van der Waals surface area contributed by atoms with Gasteiger partial charge in [0.25, 0.3) is 0 Å². The molecule has 1 aromatic carbocycles. The number of Topliss-reactive ketones (excluding diaryl/α,β-unsaturated/α-hetero) is 1. The Kier molecular flexibility index (Phi) is 8.07. The molecule has 2 rings (SSSR count). The molecule has 1 saturated heterocycles. The van der Waals surface area contributed by atoms with Crippen LogP contribution >= 0.6 is 24.8 Å². The molecule has 0 spiro atoms. The van der Waals surface area contributed by atoms with Crippen molar-refractivity contribution in [2.45, 2.75) is 12.8 Å². The van der Waals surface area contributed by atoms with Crippen LogP contribution in [-0.4, -0.2) is 33.0 Å². The fourth-order valence-electron chi connectivity index (χ4n) is 2.24. The molecule has 3 nitrogen and oxygen atoms in total. The molecule has 5 heteroatoms. The van der Waals surface area contributed by atoms with Crippen LogP contribution in [0.25, 0.3) is 0 Å². The van der Waals surface area contributed by atoms with Crippen LogP contribution in [0.3, 0.4) is 0 Å². The molecule has 108 valence electrons. The Balaban J connectivity index is 0.00000162. The first-order chi connectivity index (χ1) is 8.18. The van der Waals surface area contributed by atoms with Gasteiger partial charge in [-0.05, 0) is 50.2 Å². The molecule has 1 aromatic rings. The fraction of sp³-hybridized carbons (Fsp3) is 0.500. The molecular formula is C14H22Cl2N2O. The SMILES string of the molecule is CN(C)c1ccc(C(=O)C2CCNCC2)cc1.Cl.Cl. The highest BCUT2D eigenvalue weighted by molar-refractivity contribution is 5.98. The first-order valence-corrected chi connectivity index (χ1v) is 6.21. The Bertz CT molecular complexity index is 387. The number of hydrogen-bond donors (Lipinski definition) is 1. The van der Waals surface area contributed by atoms with Gasteiger partial charge in [-0.15, -0.1) is 24.8 Å². The summed E-state index contributed by atoms with van der Waals surface area (Å²) in [5, 5.41) is 3.29. The largest absolute Gasteiger partial charge is 0.378 e. The standard InChI is InChI=1S/C14H20N2O.2ClH/c1-16(2)13-5-3-11(4-6-13)14(17)12-7-9-15-10-8-12;;/h3-6,12,15H,7-10H2,1-2H3;2*1H. The third kappa shape index (κ3) is 4.68. The van der Waals surface area contributed by atoms with E-state index in [1.165, 1.54) is 0 Å². The van der Waals surface area contributed by atoms with E-state index >= 15 is 0 Å². The average molecular weight is 305 g/mol. The molecule has 0 unspecified atom stereocenters. The summed E-state index contributed by atoms with van der Waals surface area (Å²) in [5.74, 6) is 0.512. The number of carbonyl (C=O) groups excluding carboxylic acids is 1. The number of rotatable bonds is 3. The van der Waals surface area contributed by atoms with E-state index in [1.54, 1.807) is 0 Å². The van der Waals surface area contributed by atoms with Crippen molar-refractivity contribution < 1.29 is 4.79 Å². The predicted molar refractivity (Wildman–Crippen MR) is 85.2 cm³/mol. The van der Waals surface area contributed by atoms with Crippen molar-refractivity contribution in [1.29, 1.82) is 0 Å². The first-order valence-electron chi connectivity index (χ1n) is 6.21. The lowest BCUT2D eigenvalue weighted by atomic mass is 9.89. The van der Waals surface area contributed by atoms with E-state index in [9.17, 15) is 4.79 Å². The molecule has 1 N–H and O–H groups in total. The molecule has 0 bridgehead atoms. The summed E-state index contributed by atoms with van der Waals surface area (Å²) in [6.45, 7) is 1.93. The summed E-state index contributed by atoms with van der Waals surface area (Å²) in [6, 6.07) is 7.90. The molecule has 1 heterocycles. The number of piperidine rings is 1. The second-order valence-electron chi connectivity index (χ2n) is 4.83. The summed E-state index contributed by atoms with van der Waals surface area (Å²) in [7, 11) is 4.01. The van der Waals surface area contributed by atoms with E-state index in [4.69, 9.17) is 0 Å². The average Bonchev–Trinajstić information content (AvgIpc) is 2.39. The summed E-state index contributed by atoms with van der Waals surface area (Å²) < 4.78 is 0. The minimum atomic E-state index is 0. The van der Waals surface area contributed by atoms with E-state index < -0.39 is 0 Å². The van der Waals surface area contributed by atoms with Gasteiger partial charge >= 0.3 is 0 Å². The van der Waals surface area contributed by atoms with Crippen molar-refractivity contribution in [3.05, 3.63) is 29.8 Å². The van der Waals surface area contributed by atoms with Crippen molar-refractivity contribution in [2.75, 3.05) is 32.1 Å². The summed E-state index contributed by atoms with van der Waals surface area (Å²) in [5.41, 5.74) is 1.98. The molecule has 0 saturated carbocycles. The first kappa shape index (κ1) is 18.2. The lowest BCUT2D eigenvalue weighted by Gasteiger charge is -2.21. The normalized spacial score (nSPS) is 15.1. The Labute approximate surface area is 127 Å². The Hall–Kier alpha value is -0.770. The van der Waals surface area contributed by atoms with E-state index in [0.717, 1.165) is 37.2 Å². The van der Waals surface area contributed by atoms with Crippen molar-refractivity contribution in [3.63, 3.8) is 0 Å². The van der Waals surface area contributed by atoms with Gasteiger partial charge in [-0.3, -0.25) is 4.79 Å². The van der Waals surface area contributed by atoms with Gasteiger partial charge in [0, 0.05) is 31.3 Å².